The van der Waals surface area contributed by atoms with Gasteiger partial charge in [-0.15, -0.1) is 0 Å². The highest BCUT2D eigenvalue weighted by atomic mass is 16.1. The van der Waals surface area contributed by atoms with Crippen molar-refractivity contribution in [1.29, 1.82) is 0 Å². The van der Waals surface area contributed by atoms with Gasteiger partial charge in [-0.2, -0.15) is 0 Å². The number of carbonyl (C=O) groups excluding carboxylic acids is 1. The van der Waals surface area contributed by atoms with Crippen LogP contribution in [0.15, 0.2) is 0 Å². The quantitative estimate of drug-likeness (QED) is 0.531. The zero-order valence-electron chi connectivity index (χ0n) is 5.34. The van der Waals surface area contributed by atoms with Gasteiger partial charge in [0.05, 0.1) is 6.04 Å². The van der Waals surface area contributed by atoms with E-state index < -0.39 is 6.04 Å². The molecule has 0 saturated heterocycles. The van der Waals surface area contributed by atoms with Crippen LogP contribution in [0.4, 0.5) is 0 Å². The van der Waals surface area contributed by atoms with Crippen molar-refractivity contribution in [2.45, 2.75) is 25.3 Å². The molecule has 0 heterocycles. The van der Waals surface area contributed by atoms with Gasteiger partial charge in [0.15, 0.2) is 0 Å². The summed E-state index contributed by atoms with van der Waals surface area (Å²) in [4.78, 5) is 10.4. The molecular weight excluding hydrogens is 116 g/mol. The molecule has 1 rings (SSSR count). The molecule has 3 nitrogen and oxygen atoms in total. The summed E-state index contributed by atoms with van der Waals surface area (Å²) < 4.78 is 0. The molecule has 0 unspecified atom stereocenters. The molecule has 1 aliphatic rings. The Hall–Kier alpha value is -0.570. The van der Waals surface area contributed by atoms with E-state index in [1.54, 1.807) is 0 Å². The molecule has 52 valence electrons. The van der Waals surface area contributed by atoms with E-state index in [2.05, 4.69) is 0 Å². The number of primary amides is 1. The first kappa shape index (κ1) is 6.55. The smallest absolute Gasteiger partial charge is 0.234 e. The topological polar surface area (TPSA) is 69.1 Å². The Labute approximate surface area is 54.4 Å². The molecule has 1 amide bonds. The monoisotopic (exact) mass is 128 g/mol. The molecule has 0 aliphatic heterocycles. The van der Waals surface area contributed by atoms with Crippen molar-refractivity contribution in [3.05, 3.63) is 0 Å². The van der Waals surface area contributed by atoms with Crippen LogP contribution in [0, 0.1) is 5.92 Å². The summed E-state index contributed by atoms with van der Waals surface area (Å²) in [6, 6.07) is -0.390. The van der Waals surface area contributed by atoms with Crippen LogP contribution in [0.25, 0.3) is 0 Å². The predicted molar refractivity (Wildman–Crippen MR) is 34.5 cm³/mol. The molecule has 0 aromatic rings. The van der Waals surface area contributed by atoms with Crippen LogP contribution in [0.5, 0.6) is 0 Å². The van der Waals surface area contributed by atoms with E-state index in [-0.39, 0.29) is 5.91 Å². The van der Waals surface area contributed by atoms with Crippen LogP contribution in [0.3, 0.4) is 0 Å². The highest BCUT2D eigenvalue weighted by molar-refractivity contribution is 5.80. The summed E-state index contributed by atoms with van der Waals surface area (Å²) in [6.45, 7) is 0. The molecule has 4 N–H and O–H groups in total. The van der Waals surface area contributed by atoms with E-state index >= 15 is 0 Å². The summed E-state index contributed by atoms with van der Waals surface area (Å²) >= 11 is 0. The highest BCUT2D eigenvalue weighted by Crippen LogP contribution is 2.28. The van der Waals surface area contributed by atoms with Gasteiger partial charge in [-0.3, -0.25) is 4.79 Å². The minimum absolute atomic E-state index is 0.361. The average molecular weight is 128 g/mol. The lowest BCUT2D eigenvalue weighted by Crippen LogP contribution is -2.45. The van der Waals surface area contributed by atoms with Gasteiger partial charge >= 0.3 is 0 Å². The molecular formula is C6H12N2O. The molecule has 1 atom stereocenters. The van der Waals surface area contributed by atoms with Crippen LogP contribution in [0.2, 0.25) is 0 Å². The van der Waals surface area contributed by atoms with Gasteiger partial charge in [0.2, 0.25) is 5.91 Å². The first-order valence-electron chi connectivity index (χ1n) is 3.26. The SMILES string of the molecule is NC(=O)[C@H](N)C1CCC1. The van der Waals surface area contributed by atoms with Gasteiger partial charge in [-0.1, -0.05) is 6.42 Å². The van der Waals surface area contributed by atoms with Crippen molar-refractivity contribution >= 4 is 5.91 Å². The van der Waals surface area contributed by atoms with Gasteiger partial charge in [-0.25, -0.2) is 0 Å². The minimum atomic E-state index is -0.390. The van der Waals surface area contributed by atoms with Crippen LogP contribution >= 0.6 is 0 Å². The summed E-state index contributed by atoms with van der Waals surface area (Å²) in [6.07, 6.45) is 3.35. The fourth-order valence-corrected chi connectivity index (χ4v) is 1.03. The van der Waals surface area contributed by atoms with E-state index in [9.17, 15) is 4.79 Å². The Balaban J connectivity index is 2.32. The molecule has 0 bridgehead atoms. The molecule has 3 heteroatoms. The number of carbonyl (C=O) groups is 1. The fraction of sp³-hybridized carbons (Fsp3) is 0.833. The highest BCUT2D eigenvalue weighted by Gasteiger charge is 2.27. The number of hydrogen-bond acceptors (Lipinski definition) is 2. The third-order valence-corrected chi connectivity index (χ3v) is 1.99. The molecule has 0 spiro atoms. The van der Waals surface area contributed by atoms with Crippen molar-refractivity contribution in [2.24, 2.45) is 17.4 Å². The van der Waals surface area contributed by atoms with E-state index in [1.165, 1.54) is 6.42 Å². The van der Waals surface area contributed by atoms with E-state index in [0.29, 0.717) is 5.92 Å². The second-order valence-corrected chi connectivity index (χ2v) is 2.62. The first-order valence-corrected chi connectivity index (χ1v) is 3.26. The minimum Gasteiger partial charge on any atom is -0.368 e. The molecule has 0 aromatic heterocycles. The lowest BCUT2D eigenvalue weighted by Gasteiger charge is -2.28. The van der Waals surface area contributed by atoms with Gasteiger partial charge in [0.25, 0.3) is 0 Å². The number of nitrogens with two attached hydrogens (primary N) is 2. The first-order chi connectivity index (χ1) is 4.22. The second kappa shape index (κ2) is 2.35. The van der Waals surface area contributed by atoms with Crippen molar-refractivity contribution in [1.82, 2.24) is 0 Å². The molecule has 0 aromatic carbocycles. The lowest BCUT2D eigenvalue weighted by atomic mass is 9.80. The predicted octanol–water partition coefficient (Wildman–Crippen LogP) is -0.401. The zero-order chi connectivity index (χ0) is 6.85. The third kappa shape index (κ3) is 1.21. The van der Waals surface area contributed by atoms with Gasteiger partial charge < -0.3 is 11.5 Å². The summed E-state index contributed by atoms with van der Waals surface area (Å²) in [5.74, 6) is 0.0159. The maximum absolute atomic E-state index is 10.4. The van der Waals surface area contributed by atoms with Crippen LogP contribution in [-0.2, 0) is 4.79 Å². The molecule has 0 radical (unpaired) electrons. The molecule has 9 heavy (non-hydrogen) atoms. The average Bonchev–Trinajstić information content (AvgIpc) is 1.60. The van der Waals surface area contributed by atoms with Gasteiger partial charge in [0, 0.05) is 0 Å². The fourth-order valence-electron chi connectivity index (χ4n) is 1.03. The van der Waals surface area contributed by atoms with Crippen molar-refractivity contribution in [3.63, 3.8) is 0 Å². The van der Waals surface area contributed by atoms with Crippen LogP contribution in [0.1, 0.15) is 19.3 Å². The van der Waals surface area contributed by atoms with E-state index in [4.69, 9.17) is 11.5 Å². The Morgan fingerprint density at radius 2 is 2.11 bits per heavy atom. The normalized spacial score (nSPS) is 22.8. The lowest BCUT2D eigenvalue weighted by molar-refractivity contribution is -0.121. The Morgan fingerprint density at radius 3 is 2.22 bits per heavy atom. The summed E-state index contributed by atoms with van der Waals surface area (Å²) in [5.41, 5.74) is 10.4. The summed E-state index contributed by atoms with van der Waals surface area (Å²) in [5, 5.41) is 0. The van der Waals surface area contributed by atoms with Gasteiger partial charge in [-0.05, 0) is 18.8 Å². The Kier molecular flexibility index (Phi) is 1.71. The second-order valence-electron chi connectivity index (χ2n) is 2.62. The van der Waals surface area contributed by atoms with Crippen molar-refractivity contribution in [2.75, 3.05) is 0 Å². The van der Waals surface area contributed by atoms with E-state index in [1.807, 2.05) is 0 Å². The van der Waals surface area contributed by atoms with E-state index in [0.717, 1.165) is 12.8 Å². The standard InChI is InChI=1S/C6H12N2O/c7-5(6(8)9)4-2-1-3-4/h4-5H,1-3,7H2,(H2,8,9)/t5-/m1/s1. The Morgan fingerprint density at radius 1 is 1.56 bits per heavy atom. The van der Waals surface area contributed by atoms with Crippen molar-refractivity contribution in [3.8, 4) is 0 Å². The van der Waals surface area contributed by atoms with Crippen molar-refractivity contribution < 1.29 is 4.79 Å². The zero-order valence-corrected chi connectivity index (χ0v) is 5.34. The molecule has 1 saturated carbocycles. The molecule has 1 aliphatic carbocycles. The number of rotatable bonds is 2. The Bertz CT molecular complexity index is 120. The molecule has 1 fully saturated rings. The van der Waals surface area contributed by atoms with Crippen LogP contribution < -0.4 is 11.5 Å². The maximum atomic E-state index is 10.4. The largest absolute Gasteiger partial charge is 0.368 e. The number of amides is 1. The summed E-state index contributed by atoms with van der Waals surface area (Å²) in [7, 11) is 0. The van der Waals surface area contributed by atoms with Crippen LogP contribution in [-0.4, -0.2) is 11.9 Å². The van der Waals surface area contributed by atoms with Gasteiger partial charge in [0.1, 0.15) is 0 Å². The third-order valence-electron chi connectivity index (χ3n) is 1.99. The number of hydrogen-bond donors (Lipinski definition) is 2. The maximum Gasteiger partial charge on any atom is 0.234 e.